The highest BCUT2D eigenvalue weighted by Gasteiger charge is 2.22. The number of carbonyl (C=O) groups is 1. The maximum absolute atomic E-state index is 12.3. The van der Waals surface area contributed by atoms with E-state index in [0.29, 0.717) is 12.5 Å². The van der Waals surface area contributed by atoms with Gasteiger partial charge < -0.3 is 21.1 Å². The number of rotatable bonds is 5. The van der Waals surface area contributed by atoms with Gasteiger partial charge in [-0.15, -0.1) is 0 Å². The highest BCUT2D eigenvalue weighted by atomic mass is 16.5. The number of carbonyl (C=O) groups excluding carboxylic acids is 1. The van der Waals surface area contributed by atoms with Crippen molar-refractivity contribution in [2.24, 2.45) is 10.7 Å². The van der Waals surface area contributed by atoms with E-state index in [2.05, 4.69) is 35.5 Å². The van der Waals surface area contributed by atoms with Crippen LogP contribution in [0.25, 0.3) is 0 Å². The Bertz CT molecular complexity index is 832. The van der Waals surface area contributed by atoms with E-state index < -0.39 is 0 Å². The number of aliphatic imine (C=N–C) groups is 1. The standard InChI is InChI=1S/C21H26N4O2/c1-14(2)15-6-5-7-16(12-15)24-21(22)23-13-20(26)25-18-10-11-27-19-9-4-3-8-17(18)19/h3-9,12,14,18H,10-11,13H2,1-2H3,(H,25,26)(H3,22,23,24). The van der Waals surface area contributed by atoms with E-state index in [4.69, 9.17) is 10.5 Å². The molecule has 1 amide bonds. The number of hydrogen-bond donors (Lipinski definition) is 3. The molecule has 1 aliphatic heterocycles. The summed E-state index contributed by atoms with van der Waals surface area (Å²) >= 11 is 0. The molecule has 2 aromatic carbocycles. The predicted octanol–water partition coefficient (Wildman–Crippen LogP) is 3.18. The predicted molar refractivity (Wildman–Crippen MR) is 108 cm³/mol. The number of anilines is 1. The number of guanidine groups is 1. The van der Waals surface area contributed by atoms with E-state index in [1.807, 2.05) is 42.5 Å². The van der Waals surface area contributed by atoms with Crippen molar-refractivity contribution in [3.05, 3.63) is 59.7 Å². The molecule has 0 aromatic heterocycles. The van der Waals surface area contributed by atoms with Crippen LogP contribution < -0.4 is 21.1 Å². The van der Waals surface area contributed by atoms with Gasteiger partial charge in [-0.2, -0.15) is 0 Å². The fourth-order valence-electron chi connectivity index (χ4n) is 3.05. The number of nitrogens with zero attached hydrogens (tertiary/aromatic N) is 1. The molecule has 0 bridgehead atoms. The summed E-state index contributed by atoms with van der Waals surface area (Å²) in [5, 5.41) is 6.05. The monoisotopic (exact) mass is 366 g/mol. The van der Waals surface area contributed by atoms with Crippen molar-refractivity contribution in [2.45, 2.75) is 32.2 Å². The first kappa shape index (κ1) is 18.8. The molecule has 1 atom stereocenters. The summed E-state index contributed by atoms with van der Waals surface area (Å²) in [6.07, 6.45) is 0.738. The number of para-hydroxylation sites is 1. The van der Waals surface area contributed by atoms with Crippen LogP contribution in [0.5, 0.6) is 5.75 Å². The minimum Gasteiger partial charge on any atom is -0.493 e. The molecule has 6 heteroatoms. The van der Waals surface area contributed by atoms with E-state index in [1.54, 1.807) is 0 Å². The summed E-state index contributed by atoms with van der Waals surface area (Å²) in [6.45, 7) is 4.83. The van der Waals surface area contributed by atoms with Gasteiger partial charge in [0.15, 0.2) is 5.96 Å². The van der Waals surface area contributed by atoms with Crippen LogP contribution in [0.4, 0.5) is 5.69 Å². The van der Waals surface area contributed by atoms with Gasteiger partial charge in [0.1, 0.15) is 12.3 Å². The lowest BCUT2D eigenvalue weighted by molar-refractivity contribution is -0.120. The largest absolute Gasteiger partial charge is 0.493 e. The molecule has 6 nitrogen and oxygen atoms in total. The lowest BCUT2D eigenvalue weighted by Crippen LogP contribution is -2.34. The first-order valence-corrected chi connectivity index (χ1v) is 9.21. The number of fused-ring (bicyclic) bond motifs is 1. The van der Waals surface area contributed by atoms with Gasteiger partial charge in [0.25, 0.3) is 0 Å². The van der Waals surface area contributed by atoms with E-state index >= 15 is 0 Å². The third-order valence-electron chi connectivity index (χ3n) is 4.51. The minimum absolute atomic E-state index is 0.0256. The van der Waals surface area contributed by atoms with Gasteiger partial charge in [0, 0.05) is 17.7 Å². The lowest BCUT2D eigenvalue weighted by Gasteiger charge is -2.26. The molecule has 0 saturated heterocycles. The third kappa shape index (κ3) is 5.00. The molecule has 0 fully saturated rings. The first-order valence-electron chi connectivity index (χ1n) is 9.21. The average molecular weight is 366 g/mol. The maximum atomic E-state index is 12.3. The Morgan fingerprint density at radius 2 is 2.07 bits per heavy atom. The van der Waals surface area contributed by atoms with Crippen LogP contribution in [0.1, 0.15) is 43.4 Å². The maximum Gasteiger partial charge on any atom is 0.242 e. The summed E-state index contributed by atoms with van der Waals surface area (Å²) in [7, 11) is 0. The summed E-state index contributed by atoms with van der Waals surface area (Å²) in [5.41, 5.74) is 9.00. The highest BCUT2D eigenvalue weighted by molar-refractivity contribution is 5.94. The van der Waals surface area contributed by atoms with Crippen LogP contribution in [-0.2, 0) is 4.79 Å². The third-order valence-corrected chi connectivity index (χ3v) is 4.51. The molecule has 142 valence electrons. The minimum atomic E-state index is -0.169. The fourth-order valence-corrected chi connectivity index (χ4v) is 3.05. The summed E-state index contributed by atoms with van der Waals surface area (Å²) in [6, 6.07) is 15.7. The van der Waals surface area contributed by atoms with Gasteiger partial charge in [-0.1, -0.05) is 44.2 Å². The molecule has 0 aliphatic carbocycles. The van der Waals surface area contributed by atoms with Gasteiger partial charge in [0.2, 0.25) is 5.91 Å². The number of hydrogen-bond acceptors (Lipinski definition) is 3. The molecule has 3 rings (SSSR count). The van der Waals surface area contributed by atoms with Gasteiger partial charge in [0.05, 0.1) is 12.6 Å². The van der Waals surface area contributed by atoms with Crippen molar-refractivity contribution in [1.29, 1.82) is 0 Å². The van der Waals surface area contributed by atoms with Crippen LogP contribution >= 0.6 is 0 Å². The van der Waals surface area contributed by atoms with Crippen molar-refractivity contribution in [2.75, 3.05) is 18.5 Å². The van der Waals surface area contributed by atoms with Crippen molar-refractivity contribution in [3.8, 4) is 5.75 Å². The second kappa shape index (κ2) is 8.58. The SMILES string of the molecule is CC(C)c1cccc(NC(N)=NCC(=O)NC2CCOc3ccccc32)c1. The van der Waals surface area contributed by atoms with Gasteiger partial charge >= 0.3 is 0 Å². The van der Waals surface area contributed by atoms with E-state index in [9.17, 15) is 4.79 Å². The summed E-state index contributed by atoms with van der Waals surface area (Å²) in [5.74, 6) is 1.30. The van der Waals surface area contributed by atoms with Crippen LogP contribution in [0.15, 0.2) is 53.5 Å². The number of benzene rings is 2. The van der Waals surface area contributed by atoms with Crippen LogP contribution in [0.3, 0.4) is 0 Å². The Kier molecular flexibility index (Phi) is 5.96. The van der Waals surface area contributed by atoms with Crippen LogP contribution in [0.2, 0.25) is 0 Å². The Balaban J connectivity index is 1.56. The molecule has 0 radical (unpaired) electrons. The zero-order valence-electron chi connectivity index (χ0n) is 15.7. The van der Waals surface area contributed by atoms with Crippen molar-refractivity contribution in [3.63, 3.8) is 0 Å². The molecule has 0 spiro atoms. The lowest BCUT2D eigenvalue weighted by atomic mass is 10.0. The molecular formula is C21H26N4O2. The molecule has 1 aliphatic rings. The summed E-state index contributed by atoms with van der Waals surface area (Å²) in [4.78, 5) is 16.4. The second-order valence-electron chi connectivity index (χ2n) is 6.90. The molecule has 4 N–H and O–H groups in total. The van der Waals surface area contributed by atoms with Gasteiger partial charge in [-0.3, -0.25) is 4.79 Å². The Hall–Kier alpha value is -3.02. The number of amides is 1. The topological polar surface area (TPSA) is 88.7 Å². The van der Waals surface area contributed by atoms with Crippen molar-refractivity contribution < 1.29 is 9.53 Å². The normalized spacial score (nSPS) is 16.4. The Labute approximate surface area is 159 Å². The van der Waals surface area contributed by atoms with Gasteiger partial charge in [-0.25, -0.2) is 4.99 Å². The molecule has 1 unspecified atom stereocenters. The number of ether oxygens (including phenoxy) is 1. The molecule has 27 heavy (non-hydrogen) atoms. The van der Waals surface area contributed by atoms with E-state index in [1.165, 1.54) is 5.56 Å². The summed E-state index contributed by atoms with van der Waals surface area (Å²) < 4.78 is 5.62. The highest BCUT2D eigenvalue weighted by Crippen LogP contribution is 2.31. The number of nitrogens with one attached hydrogen (secondary N) is 2. The zero-order valence-corrected chi connectivity index (χ0v) is 15.7. The Morgan fingerprint density at radius 3 is 2.89 bits per heavy atom. The number of nitrogens with two attached hydrogens (primary N) is 1. The van der Waals surface area contributed by atoms with E-state index in [-0.39, 0.29) is 24.5 Å². The van der Waals surface area contributed by atoms with Crippen molar-refractivity contribution >= 4 is 17.6 Å². The second-order valence-corrected chi connectivity index (χ2v) is 6.90. The zero-order chi connectivity index (χ0) is 19.2. The molecule has 2 aromatic rings. The molecule has 1 heterocycles. The van der Waals surface area contributed by atoms with Crippen molar-refractivity contribution in [1.82, 2.24) is 5.32 Å². The molecular weight excluding hydrogens is 340 g/mol. The Morgan fingerprint density at radius 1 is 1.26 bits per heavy atom. The smallest absolute Gasteiger partial charge is 0.242 e. The van der Waals surface area contributed by atoms with Crippen LogP contribution in [-0.4, -0.2) is 25.0 Å². The average Bonchev–Trinajstić information content (AvgIpc) is 2.67. The fraction of sp³-hybridized carbons (Fsp3) is 0.333. The molecule has 0 saturated carbocycles. The first-order chi connectivity index (χ1) is 13.0. The quantitative estimate of drug-likeness (QED) is 0.560. The van der Waals surface area contributed by atoms with Gasteiger partial charge in [-0.05, 0) is 29.7 Å². The van der Waals surface area contributed by atoms with Crippen LogP contribution in [0, 0.1) is 0 Å². The van der Waals surface area contributed by atoms with E-state index in [0.717, 1.165) is 23.4 Å².